The van der Waals surface area contributed by atoms with Gasteiger partial charge in [-0.2, -0.15) is 0 Å². The molecule has 0 saturated carbocycles. The van der Waals surface area contributed by atoms with Crippen LogP contribution in [0.15, 0.2) is 12.1 Å². The number of hydrogen-bond donors (Lipinski definition) is 1. The van der Waals surface area contributed by atoms with Crippen molar-refractivity contribution in [2.24, 2.45) is 0 Å². The van der Waals surface area contributed by atoms with E-state index in [1.807, 2.05) is 0 Å². The average molecular weight is 285 g/mol. The monoisotopic (exact) mass is 283 g/mol. The maximum absolute atomic E-state index is 13.6. The summed E-state index contributed by atoms with van der Waals surface area (Å²) >= 11 is 11.9. The van der Waals surface area contributed by atoms with Gasteiger partial charge in [-0.05, 0) is 31.5 Å². The number of hydrogen-bond acceptors (Lipinski definition) is 1. The van der Waals surface area contributed by atoms with E-state index in [0.717, 1.165) is 25.8 Å². The number of piperidine rings is 1. The highest BCUT2D eigenvalue weighted by Gasteiger charge is 2.22. The fourth-order valence-corrected chi connectivity index (χ4v) is 2.41. The molecular weight excluding hydrogens is 271 g/mol. The molecule has 0 radical (unpaired) electrons. The topological polar surface area (TPSA) is 12.0 Å². The minimum absolute atomic E-state index is 0. The van der Waals surface area contributed by atoms with Crippen LogP contribution in [0.2, 0.25) is 10.0 Å². The van der Waals surface area contributed by atoms with Crippen LogP contribution in [0, 0.1) is 5.82 Å². The molecule has 5 heteroatoms. The van der Waals surface area contributed by atoms with E-state index in [1.165, 1.54) is 12.1 Å². The molecule has 1 aliphatic heterocycles. The Bertz CT molecular complexity index is 364. The van der Waals surface area contributed by atoms with Crippen molar-refractivity contribution in [3.63, 3.8) is 0 Å². The lowest BCUT2D eigenvalue weighted by molar-refractivity contribution is 0.400. The zero-order valence-corrected chi connectivity index (χ0v) is 10.9. The molecule has 0 amide bonds. The largest absolute Gasteiger partial charge is 0.310 e. The van der Waals surface area contributed by atoms with Crippen molar-refractivity contribution in [3.05, 3.63) is 33.6 Å². The molecule has 1 saturated heterocycles. The van der Waals surface area contributed by atoms with Crippen molar-refractivity contribution in [1.29, 1.82) is 0 Å². The summed E-state index contributed by atoms with van der Waals surface area (Å²) in [5.74, 6) is -0.274. The van der Waals surface area contributed by atoms with Crippen molar-refractivity contribution in [2.45, 2.75) is 25.3 Å². The summed E-state index contributed by atoms with van der Waals surface area (Å²) in [7, 11) is 0. The van der Waals surface area contributed by atoms with Crippen LogP contribution in [0.5, 0.6) is 0 Å². The Hall–Kier alpha value is -0.0200. The molecule has 0 aromatic heterocycles. The molecule has 16 heavy (non-hydrogen) atoms. The molecule has 90 valence electrons. The van der Waals surface area contributed by atoms with Crippen LogP contribution in [0.25, 0.3) is 0 Å². The quantitative estimate of drug-likeness (QED) is 0.755. The molecule has 0 unspecified atom stereocenters. The number of nitrogens with one attached hydrogen (secondary N) is 1. The van der Waals surface area contributed by atoms with Crippen LogP contribution in [0.1, 0.15) is 30.9 Å². The molecule has 1 N–H and O–H groups in total. The SMILES string of the molecule is Cl.Fc1ccc(Cl)c(Cl)c1[C@H]1CCCCN1. The van der Waals surface area contributed by atoms with Gasteiger partial charge >= 0.3 is 0 Å². The van der Waals surface area contributed by atoms with Crippen molar-refractivity contribution >= 4 is 35.6 Å². The van der Waals surface area contributed by atoms with Crippen molar-refractivity contribution in [3.8, 4) is 0 Å². The summed E-state index contributed by atoms with van der Waals surface area (Å²) in [6.45, 7) is 0.910. The van der Waals surface area contributed by atoms with Gasteiger partial charge in [-0.25, -0.2) is 4.39 Å². The molecule has 1 nitrogen and oxygen atoms in total. The third-order valence-corrected chi connectivity index (χ3v) is 3.56. The molecule has 1 aliphatic rings. The van der Waals surface area contributed by atoms with Gasteiger partial charge in [-0.3, -0.25) is 0 Å². The van der Waals surface area contributed by atoms with Crippen LogP contribution in [-0.2, 0) is 0 Å². The lowest BCUT2D eigenvalue weighted by atomic mass is 9.97. The molecular formula is C11H13Cl3FN. The van der Waals surface area contributed by atoms with Gasteiger partial charge in [-0.1, -0.05) is 29.6 Å². The van der Waals surface area contributed by atoms with E-state index in [-0.39, 0.29) is 24.3 Å². The summed E-state index contributed by atoms with van der Waals surface area (Å²) in [5.41, 5.74) is 0.517. The lowest BCUT2D eigenvalue weighted by Gasteiger charge is -2.25. The molecule has 0 bridgehead atoms. The maximum atomic E-state index is 13.6. The molecule has 1 atom stereocenters. The predicted molar refractivity (Wildman–Crippen MR) is 68.3 cm³/mol. The standard InChI is InChI=1S/C11H12Cl2FN.ClH/c12-7-4-5-8(14)10(11(7)13)9-3-1-2-6-15-9;/h4-5,9,15H,1-3,6H2;1H/t9-;/m1./s1. The second-order valence-electron chi connectivity index (χ2n) is 3.76. The van der Waals surface area contributed by atoms with Crippen LogP contribution in [-0.4, -0.2) is 6.54 Å². The number of halogens is 4. The fourth-order valence-electron chi connectivity index (χ4n) is 1.96. The van der Waals surface area contributed by atoms with E-state index < -0.39 is 0 Å². The highest BCUT2D eigenvalue weighted by molar-refractivity contribution is 6.42. The van der Waals surface area contributed by atoms with E-state index in [4.69, 9.17) is 23.2 Å². The van der Waals surface area contributed by atoms with Crippen LogP contribution in [0.3, 0.4) is 0 Å². The van der Waals surface area contributed by atoms with Crippen LogP contribution >= 0.6 is 35.6 Å². The van der Waals surface area contributed by atoms with E-state index in [0.29, 0.717) is 15.6 Å². The van der Waals surface area contributed by atoms with Gasteiger partial charge in [0.15, 0.2) is 0 Å². The second kappa shape index (κ2) is 6.06. The summed E-state index contributed by atoms with van der Waals surface area (Å²) in [6.07, 6.45) is 3.15. The summed E-state index contributed by atoms with van der Waals surface area (Å²) < 4.78 is 13.6. The van der Waals surface area contributed by atoms with Gasteiger partial charge < -0.3 is 5.32 Å². The average Bonchev–Trinajstić information content (AvgIpc) is 2.26. The first-order valence-corrected chi connectivity index (χ1v) is 5.82. The first kappa shape index (κ1) is 14.0. The second-order valence-corrected chi connectivity index (χ2v) is 4.54. The zero-order chi connectivity index (χ0) is 10.8. The summed E-state index contributed by atoms with van der Waals surface area (Å²) in [5, 5.41) is 4.02. The van der Waals surface area contributed by atoms with Crippen molar-refractivity contribution < 1.29 is 4.39 Å². The lowest BCUT2D eigenvalue weighted by Crippen LogP contribution is -2.27. The Balaban J connectivity index is 0.00000128. The predicted octanol–water partition coefficient (Wildman–Crippen LogP) is 4.37. The van der Waals surface area contributed by atoms with Gasteiger partial charge in [0.25, 0.3) is 0 Å². The molecule has 1 fully saturated rings. The Kier molecular flexibility index (Phi) is 5.32. The Labute approximate surface area is 111 Å². The van der Waals surface area contributed by atoms with Gasteiger partial charge in [0, 0.05) is 11.6 Å². The number of rotatable bonds is 1. The fraction of sp³-hybridized carbons (Fsp3) is 0.455. The van der Waals surface area contributed by atoms with Gasteiger partial charge in [0.2, 0.25) is 0 Å². The van der Waals surface area contributed by atoms with Crippen molar-refractivity contribution in [1.82, 2.24) is 5.32 Å². The van der Waals surface area contributed by atoms with Crippen LogP contribution < -0.4 is 5.32 Å². The van der Waals surface area contributed by atoms with Gasteiger partial charge in [0.1, 0.15) is 5.82 Å². The molecule has 1 aromatic rings. The third kappa shape index (κ3) is 2.80. The minimum atomic E-state index is -0.274. The highest BCUT2D eigenvalue weighted by Crippen LogP contribution is 2.35. The third-order valence-electron chi connectivity index (χ3n) is 2.74. The van der Waals surface area contributed by atoms with E-state index >= 15 is 0 Å². The molecule has 0 spiro atoms. The molecule has 2 rings (SSSR count). The molecule has 1 aromatic carbocycles. The summed E-state index contributed by atoms with van der Waals surface area (Å²) in [6, 6.07) is 2.87. The Morgan fingerprint density at radius 3 is 2.62 bits per heavy atom. The Morgan fingerprint density at radius 2 is 2.00 bits per heavy atom. The van der Waals surface area contributed by atoms with Crippen molar-refractivity contribution in [2.75, 3.05) is 6.54 Å². The first-order valence-electron chi connectivity index (χ1n) is 5.07. The zero-order valence-electron chi connectivity index (χ0n) is 8.60. The first-order chi connectivity index (χ1) is 7.20. The molecule has 1 heterocycles. The smallest absolute Gasteiger partial charge is 0.129 e. The van der Waals surface area contributed by atoms with Crippen LogP contribution in [0.4, 0.5) is 4.39 Å². The van der Waals surface area contributed by atoms with E-state index in [2.05, 4.69) is 5.32 Å². The van der Waals surface area contributed by atoms with E-state index in [9.17, 15) is 4.39 Å². The maximum Gasteiger partial charge on any atom is 0.129 e. The van der Waals surface area contributed by atoms with E-state index in [1.54, 1.807) is 0 Å². The number of benzene rings is 1. The normalized spacial score (nSPS) is 20.3. The minimum Gasteiger partial charge on any atom is -0.310 e. The molecule has 0 aliphatic carbocycles. The highest BCUT2D eigenvalue weighted by atomic mass is 35.5. The Morgan fingerprint density at radius 1 is 1.25 bits per heavy atom. The van der Waals surface area contributed by atoms with Gasteiger partial charge in [-0.15, -0.1) is 12.4 Å². The summed E-state index contributed by atoms with van der Waals surface area (Å²) in [4.78, 5) is 0. The van der Waals surface area contributed by atoms with Gasteiger partial charge in [0.05, 0.1) is 10.0 Å².